The zero-order valence-electron chi connectivity index (χ0n) is 16.7. The van der Waals surface area contributed by atoms with Crippen LogP contribution in [0.25, 0.3) is 11.4 Å². The number of aromatic nitrogens is 3. The minimum atomic E-state index is -0.380. The molecule has 8 heteroatoms. The van der Waals surface area contributed by atoms with Gasteiger partial charge in [-0.3, -0.25) is 9.36 Å². The van der Waals surface area contributed by atoms with Crippen molar-refractivity contribution in [2.45, 2.75) is 36.8 Å². The lowest BCUT2D eigenvalue weighted by Gasteiger charge is -2.19. The molecule has 3 rings (SSSR count). The van der Waals surface area contributed by atoms with Crippen LogP contribution < -0.4 is 5.32 Å². The molecule has 1 N–H and O–H groups in total. The summed E-state index contributed by atoms with van der Waals surface area (Å²) < 4.78 is 1.95. The third-order valence-corrected chi connectivity index (χ3v) is 6.14. The topological polar surface area (TPSA) is 59.8 Å². The van der Waals surface area contributed by atoms with Crippen molar-refractivity contribution < 1.29 is 4.79 Å². The molecule has 0 unspecified atom stereocenters. The first-order valence-corrected chi connectivity index (χ1v) is 11.1. The molecule has 0 radical (unpaired) electrons. The van der Waals surface area contributed by atoms with Gasteiger partial charge in [-0.15, -0.1) is 16.8 Å². The molecular weight excluding hydrogens is 439 g/mol. The zero-order valence-corrected chi connectivity index (χ0v) is 19.0. The van der Waals surface area contributed by atoms with Crippen LogP contribution in [-0.2, 0) is 11.3 Å². The number of benzene rings is 2. The Morgan fingerprint density at radius 2 is 1.93 bits per heavy atom. The number of allylic oxidation sites excluding steroid dienone is 1. The average Bonchev–Trinajstić information content (AvgIpc) is 3.11. The maximum Gasteiger partial charge on any atom is 0.233 e. The highest BCUT2D eigenvalue weighted by atomic mass is 35.5. The standard InChI is InChI=1S/C22H22Cl2N4OS/c1-4-12-28-20(16-8-6-5-7-9-16)26-27-22(28)30-15(3)21(29)25-14(2)18-11-10-17(23)13-19(18)24/h4-11,13-15H,1,12H2,2-3H3,(H,25,29)/t14-,15+/m0/s1. The number of thioether (sulfide) groups is 1. The monoisotopic (exact) mass is 460 g/mol. The molecule has 1 aromatic heterocycles. The van der Waals surface area contributed by atoms with Gasteiger partial charge in [0, 0.05) is 22.2 Å². The van der Waals surface area contributed by atoms with Crippen molar-refractivity contribution in [2.75, 3.05) is 0 Å². The van der Waals surface area contributed by atoms with Crippen LogP contribution >= 0.6 is 35.0 Å². The van der Waals surface area contributed by atoms with E-state index in [1.807, 2.05) is 54.8 Å². The summed E-state index contributed by atoms with van der Waals surface area (Å²) in [5, 5.41) is 13.0. The first-order valence-electron chi connectivity index (χ1n) is 9.42. The van der Waals surface area contributed by atoms with Crippen LogP contribution in [0.4, 0.5) is 0 Å². The van der Waals surface area contributed by atoms with Crippen LogP contribution in [0.1, 0.15) is 25.5 Å². The number of hydrogen-bond acceptors (Lipinski definition) is 4. The smallest absolute Gasteiger partial charge is 0.233 e. The Bertz CT molecular complexity index is 1040. The molecule has 0 aliphatic carbocycles. The Morgan fingerprint density at radius 1 is 1.20 bits per heavy atom. The summed E-state index contributed by atoms with van der Waals surface area (Å²) in [5.74, 6) is 0.625. The summed E-state index contributed by atoms with van der Waals surface area (Å²) in [7, 11) is 0. The number of hydrogen-bond donors (Lipinski definition) is 1. The summed E-state index contributed by atoms with van der Waals surface area (Å²) >= 11 is 13.6. The molecule has 1 heterocycles. The van der Waals surface area contributed by atoms with Crippen LogP contribution in [0.5, 0.6) is 0 Å². The van der Waals surface area contributed by atoms with Gasteiger partial charge in [-0.1, -0.05) is 77.4 Å². The Morgan fingerprint density at radius 3 is 2.60 bits per heavy atom. The highest BCUT2D eigenvalue weighted by Crippen LogP contribution is 2.29. The number of rotatable bonds is 8. The molecule has 1 amide bonds. The summed E-state index contributed by atoms with van der Waals surface area (Å²) in [6.07, 6.45) is 1.79. The molecule has 30 heavy (non-hydrogen) atoms. The summed E-state index contributed by atoms with van der Waals surface area (Å²) in [6, 6.07) is 14.8. The van der Waals surface area contributed by atoms with Gasteiger partial charge in [0.2, 0.25) is 5.91 Å². The van der Waals surface area contributed by atoms with Gasteiger partial charge in [-0.2, -0.15) is 0 Å². The van der Waals surface area contributed by atoms with Crippen LogP contribution in [0.2, 0.25) is 10.0 Å². The minimum absolute atomic E-state index is 0.118. The second-order valence-corrected chi connectivity index (χ2v) is 8.88. The molecule has 0 aliphatic heterocycles. The van der Waals surface area contributed by atoms with E-state index in [0.717, 1.165) is 17.0 Å². The number of nitrogens with one attached hydrogen (secondary N) is 1. The van der Waals surface area contributed by atoms with Gasteiger partial charge in [-0.25, -0.2) is 0 Å². The maximum atomic E-state index is 12.8. The summed E-state index contributed by atoms with van der Waals surface area (Å²) in [6.45, 7) is 8.10. The second-order valence-electron chi connectivity index (χ2n) is 6.73. The molecule has 0 saturated heterocycles. The molecule has 0 saturated carbocycles. The number of nitrogens with zero attached hydrogens (tertiary/aromatic N) is 3. The molecule has 156 valence electrons. The first-order chi connectivity index (χ1) is 14.4. The van der Waals surface area contributed by atoms with Crippen molar-refractivity contribution >= 4 is 40.9 Å². The van der Waals surface area contributed by atoms with E-state index in [9.17, 15) is 4.79 Å². The third-order valence-electron chi connectivity index (χ3n) is 4.50. The summed E-state index contributed by atoms with van der Waals surface area (Å²) in [5.41, 5.74) is 1.77. The SMILES string of the molecule is C=CCn1c(S[C@H](C)C(=O)N[C@@H](C)c2ccc(Cl)cc2Cl)nnc1-c1ccccc1. The van der Waals surface area contributed by atoms with E-state index in [1.54, 1.807) is 18.2 Å². The normalized spacial score (nSPS) is 12.9. The molecule has 5 nitrogen and oxygen atoms in total. The first kappa shape index (κ1) is 22.4. The predicted octanol–water partition coefficient (Wildman–Crippen LogP) is 5.80. The molecule has 3 aromatic rings. The highest BCUT2D eigenvalue weighted by molar-refractivity contribution is 8.00. The number of carbonyl (C=O) groups excluding carboxylic acids is 1. The molecule has 0 bridgehead atoms. The van der Waals surface area contributed by atoms with Crippen molar-refractivity contribution in [2.24, 2.45) is 0 Å². The van der Waals surface area contributed by atoms with Gasteiger partial charge in [0.05, 0.1) is 11.3 Å². The van der Waals surface area contributed by atoms with E-state index >= 15 is 0 Å². The van der Waals surface area contributed by atoms with E-state index in [-0.39, 0.29) is 17.2 Å². The van der Waals surface area contributed by atoms with Crippen LogP contribution in [-0.4, -0.2) is 25.9 Å². The van der Waals surface area contributed by atoms with E-state index in [2.05, 4.69) is 22.1 Å². The van der Waals surface area contributed by atoms with Crippen molar-refractivity contribution in [3.05, 3.63) is 76.8 Å². The second kappa shape index (κ2) is 10.2. The molecule has 0 spiro atoms. The van der Waals surface area contributed by atoms with Gasteiger partial charge in [0.15, 0.2) is 11.0 Å². The Hall–Kier alpha value is -2.28. The maximum absolute atomic E-state index is 12.8. The fraction of sp³-hybridized carbons (Fsp3) is 0.227. The fourth-order valence-electron chi connectivity index (χ4n) is 2.94. The Labute approximate surface area is 190 Å². The molecule has 0 aliphatic rings. The largest absolute Gasteiger partial charge is 0.349 e. The van der Waals surface area contributed by atoms with Crippen LogP contribution in [0.3, 0.4) is 0 Å². The van der Waals surface area contributed by atoms with Gasteiger partial charge in [0.1, 0.15) is 0 Å². The number of amides is 1. The van der Waals surface area contributed by atoms with E-state index in [0.29, 0.717) is 21.7 Å². The summed E-state index contributed by atoms with van der Waals surface area (Å²) in [4.78, 5) is 12.8. The van der Waals surface area contributed by atoms with Crippen LogP contribution in [0.15, 0.2) is 66.3 Å². The number of carbonyl (C=O) groups is 1. The quantitative estimate of drug-likeness (QED) is 0.341. The molecule has 0 fully saturated rings. The van der Waals surface area contributed by atoms with Gasteiger partial charge < -0.3 is 5.32 Å². The lowest BCUT2D eigenvalue weighted by molar-refractivity contribution is -0.120. The van der Waals surface area contributed by atoms with Crippen molar-refractivity contribution in [1.82, 2.24) is 20.1 Å². The predicted molar refractivity (Wildman–Crippen MR) is 124 cm³/mol. The Kier molecular flexibility index (Phi) is 7.58. The minimum Gasteiger partial charge on any atom is -0.349 e. The third kappa shape index (κ3) is 5.25. The lowest BCUT2D eigenvalue weighted by atomic mass is 10.1. The molecular formula is C22H22Cl2N4OS. The fourth-order valence-corrected chi connectivity index (χ4v) is 4.38. The zero-order chi connectivity index (χ0) is 21.7. The van der Waals surface area contributed by atoms with Gasteiger partial charge in [-0.05, 0) is 31.5 Å². The van der Waals surface area contributed by atoms with Crippen molar-refractivity contribution in [1.29, 1.82) is 0 Å². The van der Waals surface area contributed by atoms with E-state index < -0.39 is 0 Å². The van der Waals surface area contributed by atoms with Gasteiger partial charge >= 0.3 is 0 Å². The average molecular weight is 461 g/mol. The van der Waals surface area contributed by atoms with Crippen molar-refractivity contribution in [3.8, 4) is 11.4 Å². The van der Waals surface area contributed by atoms with E-state index in [4.69, 9.17) is 23.2 Å². The number of halogens is 2. The lowest BCUT2D eigenvalue weighted by Crippen LogP contribution is -2.33. The van der Waals surface area contributed by atoms with E-state index in [1.165, 1.54) is 11.8 Å². The highest BCUT2D eigenvalue weighted by Gasteiger charge is 2.22. The Balaban J connectivity index is 1.73. The van der Waals surface area contributed by atoms with Gasteiger partial charge in [0.25, 0.3) is 0 Å². The van der Waals surface area contributed by atoms with Crippen molar-refractivity contribution in [3.63, 3.8) is 0 Å². The molecule has 2 atom stereocenters. The van der Waals surface area contributed by atoms with Crippen LogP contribution in [0, 0.1) is 0 Å². The molecule has 2 aromatic carbocycles.